The Hall–Kier alpha value is -1.92. The van der Waals surface area contributed by atoms with Gasteiger partial charge in [0.15, 0.2) is 6.10 Å². The third-order valence-electron chi connectivity index (χ3n) is 5.65. The summed E-state index contributed by atoms with van der Waals surface area (Å²) in [5.74, 6) is -0.00315. The average Bonchev–Trinajstić information content (AvgIpc) is 2.71. The van der Waals surface area contributed by atoms with E-state index in [1.807, 2.05) is 13.8 Å². The normalized spacial score (nSPS) is 16.0. The van der Waals surface area contributed by atoms with Gasteiger partial charge in [-0.1, -0.05) is 30.3 Å². The number of esters is 1. The quantitative estimate of drug-likeness (QED) is 0.602. The first-order chi connectivity index (χ1) is 14.3. The summed E-state index contributed by atoms with van der Waals surface area (Å²) in [5.41, 5.74) is 4.29. The second-order valence-electron chi connectivity index (χ2n) is 8.37. The molecular weight excluding hydrogens is 444 g/mol. The topological polar surface area (TPSA) is 62.7 Å². The summed E-state index contributed by atoms with van der Waals surface area (Å²) >= 11 is 3.67. The van der Waals surface area contributed by atoms with Crippen LogP contribution < -0.4 is 4.90 Å². The fraction of sp³-hybridized carbons (Fsp3) is 0.500. The summed E-state index contributed by atoms with van der Waals surface area (Å²) < 4.78 is 6.10. The Morgan fingerprint density at radius 3 is 2.43 bits per heavy atom. The van der Waals surface area contributed by atoms with Crippen LogP contribution in [0.2, 0.25) is 0 Å². The smallest absolute Gasteiger partial charge is 0.340 e. The van der Waals surface area contributed by atoms with Gasteiger partial charge in [0.2, 0.25) is 0 Å². The van der Waals surface area contributed by atoms with Gasteiger partial charge in [-0.15, -0.1) is 0 Å². The van der Waals surface area contributed by atoms with Crippen LogP contribution in [0.3, 0.4) is 0 Å². The van der Waals surface area contributed by atoms with Gasteiger partial charge in [-0.05, 0) is 74.4 Å². The number of rotatable bonds is 6. The number of aromatic nitrogens is 1. The van der Waals surface area contributed by atoms with Gasteiger partial charge in [-0.25, -0.2) is 4.79 Å². The molecule has 6 heteroatoms. The lowest BCUT2D eigenvalue weighted by atomic mass is 9.89. The molecule has 0 aliphatic carbocycles. The first-order valence-corrected chi connectivity index (χ1v) is 11.4. The zero-order chi connectivity index (χ0) is 21.8. The fourth-order valence-electron chi connectivity index (χ4n) is 4.18. The molecule has 1 fully saturated rings. The van der Waals surface area contributed by atoms with E-state index in [1.165, 1.54) is 5.56 Å². The number of piperidine rings is 1. The Bertz CT molecular complexity index is 878. The lowest BCUT2D eigenvalue weighted by molar-refractivity contribution is -0.157. The van der Waals surface area contributed by atoms with E-state index in [0.29, 0.717) is 17.2 Å². The van der Waals surface area contributed by atoms with Crippen molar-refractivity contribution in [3.05, 3.63) is 57.3 Å². The standard InChI is InChI=1S/C24H31BrN2O3/c1-15(2)30-24(29)23(28)20-16(3)26-17(4)21(25)22(20)27-12-10-19(11-13-27)14-18-8-6-5-7-9-18/h5-9,15,19,23,28H,10-14H2,1-4H3. The maximum atomic E-state index is 12.5. The Labute approximate surface area is 187 Å². The maximum Gasteiger partial charge on any atom is 0.340 e. The number of aryl methyl sites for hydroxylation is 2. The van der Waals surface area contributed by atoms with Crippen molar-refractivity contribution in [2.45, 2.75) is 59.2 Å². The van der Waals surface area contributed by atoms with Crippen LogP contribution in [0.4, 0.5) is 5.69 Å². The number of benzene rings is 1. The van der Waals surface area contributed by atoms with Gasteiger partial charge in [-0.3, -0.25) is 4.98 Å². The van der Waals surface area contributed by atoms with Crippen molar-refractivity contribution < 1.29 is 14.6 Å². The number of anilines is 1. The molecule has 2 heterocycles. The second kappa shape index (κ2) is 9.92. The summed E-state index contributed by atoms with van der Waals surface area (Å²) in [6.45, 7) is 9.08. The van der Waals surface area contributed by atoms with E-state index in [0.717, 1.165) is 48.2 Å². The van der Waals surface area contributed by atoms with Gasteiger partial charge in [0, 0.05) is 24.3 Å². The molecule has 0 amide bonds. The number of carbonyl (C=O) groups excluding carboxylic acids is 1. The lowest BCUT2D eigenvalue weighted by Crippen LogP contribution is -2.36. The van der Waals surface area contributed by atoms with Gasteiger partial charge < -0.3 is 14.7 Å². The van der Waals surface area contributed by atoms with Crippen LogP contribution in [0, 0.1) is 19.8 Å². The highest BCUT2D eigenvalue weighted by molar-refractivity contribution is 9.10. The number of halogens is 1. The third-order valence-corrected chi connectivity index (χ3v) is 6.60. The predicted molar refractivity (Wildman–Crippen MR) is 123 cm³/mol. The monoisotopic (exact) mass is 474 g/mol. The molecule has 5 nitrogen and oxygen atoms in total. The number of aliphatic hydroxyl groups excluding tert-OH is 1. The van der Waals surface area contributed by atoms with Crippen LogP contribution in [0.15, 0.2) is 34.8 Å². The molecule has 162 valence electrons. The Morgan fingerprint density at radius 1 is 1.20 bits per heavy atom. The van der Waals surface area contributed by atoms with Gasteiger partial charge in [0.1, 0.15) is 0 Å². The number of hydrogen-bond acceptors (Lipinski definition) is 5. The number of aliphatic hydroxyl groups is 1. The molecule has 0 radical (unpaired) electrons. The predicted octanol–water partition coefficient (Wildman–Crippen LogP) is 4.91. The van der Waals surface area contributed by atoms with E-state index in [1.54, 1.807) is 13.8 Å². The molecule has 2 aromatic rings. The number of hydrogen-bond donors (Lipinski definition) is 1. The molecular formula is C24H31BrN2O3. The van der Waals surface area contributed by atoms with E-state index >= 15 is 0 Å². The molecule has 0 spiro atoms. The lowest BCUT2D eigenvalue weighted by Gasteiger charge is -2.36. The van der Waals surface area contributed by atoms with E-state index in [-0.39, 0.29) is 6.10 Å². The van der Waals surface area contributed by atoms with Gasteiger partial charge >= 0.3 is 5.97 Å². The fourth-order valence-corrected chi connectivity index (χ4v) is 4.73. The average molecular weight is 475 g/mol. The Balaban J connectivity index is 1.82. The van der Waals surface area contributed by atoms with Crippen molar-refractivity contribution in [3.63, 3.8) is 0 Å². The zero-order valence-electron chi connectivity index (χ0n) is 18.2. The van der Waals surface area contributed by atoms with Crippen LogP contribution in [-0.2, 0) is 16.0 Å². The summed E-state index contributed by atoms with van der Waals surface area (Å²) in [7, 11) is 0. The highest BCUT2D eigenvalue weighted by atomic mass is 79.9. The SMILES string of the molecule is Cc1nc(C)c(C(O)C(=O)OC(C)C)c(N2CCC(Cc3ccccc3)CC2)c1Br. The van der Waals surface area contributed by atoms with E-state index < -0.39 is 12.1 Å². The number of carbonyl (C=O) groups is 1. The molecule has 0 bridgehead atoms. The van der Waals surface area contributed by atoms with E-state index in [4.69, 9.17) is 4.74 Å². The van der Waals surface area contributed by atoms with Crippen molar-refractivity contribution in [2.24, 2.45) is 5.92 Å². The number of ether oxygens (including phenoxy) is 1. The molecule has 1 unspecified atom stereocenters. The van der Waals surface area contributed by atoms with Crippen LogP contribution in [-0.4, -0.2) is 35.3 Å². The molecule has 1 aromatic carbocycles. The zero-order valence-corrected chi connectivity index (χ0v) is 19.8. The van der Waals surface area contributed by atoms with Crippen LogP contribution in [0.25, 0.3) is 0 Å². The van der Waals surface area contributed by atoms with Crippen LogP contribution in [0.1, 0.15) is 55.3 Å². The first-order valence-electron chi connectivity index (χ1n) is 10.6. The molecule has 1 atom stereocenters. The minimum atomic E-state index is -1.35. The molecule has 30 heavy (non-hydrogen) atoms. The van der Waals surface area contributed by atoms with Crippen molar-refractivity contribution in [3.8, 4) is 0 Å². The minimum Gasteiger partial charge on any atom is -0.461 e. The first kappa shape index (κ1) is 22.8. The summed E-state index contributed by atoms with van der Waals surface area (Å²) in [6.07, 6.45) is 1.57. The molecule has 1 N–H and O–H groups in total. The van der Waals surface area contributed by atoms with Gasteiger partial charge in [0.05, 0.1) is 22.0 Å². The highest BCUT2D eigenvalue weighted by Crippen LogP contribution is 2.40. The molecule has 1 aliphatic rings. The van der Waals surface area contributed by atoms with Crippen molar-refractivity contribution in [1.29, 1.82) is 0 Å². The van der Waals surface area contributed by atoms with E-state index in [2.05, 4.69) is 56.1 Å². The van der Waals surface area contributed by atoms with Crippen molar-refractivity contribution >= 4 is 27.6 Å². The summed E-state index contributed by atoms with van der Waals surface area (Å²) in [5, 5.41) is 10.8. The summed E-state index contributed by atoms with van der Waals surface area (Å²) in [6, 6.07) is 10.6. The molecule has 3 rings (SSSR count). The van der Waals surface area contributed by atoms with Crippen molar-refractivity contribution in [1.82, 2.24) is 4.98 Å². The number of nitrogens with zero attached hydrogens (tertiary/aromatic N) is 2. The van der Waals surface area contributed by atoms with Crippen molar-refractivity contribution in [2.75, 3.05) is 18.0 Å². The summed E-state index contributed by atoms with van der Waals surface area (Å²) in [4.78, 5) is 19.3. The van der Waals surface area contributed by atoms with Crippen LogP contribution >= 0.6 is 15.9 Å². The second-order valence-corrected chi connectivity index (χ2v) is 9.16. The Kier molecular flexibility index (Phi) is 7.53. The highest BCUT2D eigenvalue weighted by Gasteiger charge is 2.31. The third kappa shape index (κ3) is 5.22. The molecule has 1 aliphatic heterocycles. The molecule has 1 aromatic heterocycles. The largest absolute Gasteiger partial charge is 0.461 e. The molecule has 0 saturated carbocycles. The minimum absolute atomic E-state index is 0.286. The Morgan fingerprint density at radius 2 is 1.83 bits per heavy atom. The van der Waals surface area contributed by atoms with Crippen LogP contribution in [0.5, 0.6) is 0 Å². The maximum absolute atomic E-state index is 12.5. The van der Waals surface area contributed by atoms with Gasteiger partial charge in [0.25, 0.3) is 0 Å². The van der Waals surface area contributed by atoms with E-state index in [9.17, 15) is 9.90 Å². The number of pyridine rings is 1. The van der Waals surface area contributed by atoms with Gasteiger partial charge in [-0.2, -0.15) is 0 Å². The molecule has 1 saturated heterocycles.